The zero-order chi connectivity index (χ0) is 21.7. The minimum atomic E-state index is 0. The quantitative estimate of drug-likeness (QED) is 0.525. The number of aromatic nitrogens is 3. The molecule has 0 radical (unpaired) electrons. The van der Waals surface area contributed by atoms with Crippen LogP contribution in [0.4, 0.5) is 17.3 Å². The van der Waals surface area contributed by atoms with E-state index in [2.05, 4.69) is 25.6 Å². The standard InChI is InChI=1S/C20H24N6O3S.CH4/c1-6-21-20(30)26(2)17-8-7-13-19(25-17)24-16(11-22-13)23-12-9-14(27-3)18(29-5)15(10-12)28-4;/h7-11H,6H2,1-5H3,(H,21,30)(H,23,24,25);1H4. The number of rotatable bonds is 7. The third-order valence-corrected chi connectivity index (χ3v) is 4.72. The van der Waals surface area contributed by atoms with E-state index in [1.54, 1.807) is 44.6 Å². The minimum Gasteiger partial charge on any atom is -0.493 e. The van der Waals surface area contributed by atoms with E-state index in [1.165, 1.54) is 0 Å². The van der Waals surface area contributed by atoms with Crippen molar-refractivity contribution in [2.45, 2.75) is 14.4 Å². The molecule has 166 valence electrons. The number of ether oxygens (including phenoxy) is 3. The monoisotopic (exact) mass is 444 g/mol. The topological polar surface area (TPSA) is 93.7 Å². The van der Waals surface area contributed by atoms with Gasteiger partial charge in [-0.1, -0.05) is 7.43 Å². The Hall–Kier alpha value is -3.40. The zero-order valence-corrected chi connectivity index (χ0v) is 18.3. The van der Waals surface area contributed by atoms with Crippen molar-refractivity contribution < 1.29 is 14.2 Å². The summed E-state index contributed by atoms with van der Waals surface area (Å²) in [5.41, 5.74) is 1.88. The molecule has 2 N–H and O–H groups in total. The van der Waals surface area contributed by atoms with Crippen LogP contribution >= 0.6 is 12.2 Å². The lowest BCUT2D eigenvalue weighted by atomic mass is 10.2. The van der Waals surface area contributed by atoms with Gasteiger partial charge in [-0.05, 0) is 31.3 Å². The summed E-state index contributed by atoms with van der Waals surface area (Å²) in [5.74, 6) is 2.78. The Morgan fingerprint density at radius 1 is 1.06 bits per heavy atom. The van der Waals surface area contributed by atoms with Crippen molar-refractivity contribution in [2.75, 3.05) is 45.1 Å². The van der Waals surface area contributed by atoms with E-state index in [0.29, 0.717) is 50.8 Å². The molecule has 0 unspecified atom stereocenters. The number of fused-ring (bicyclic) bond motifs is 1. The van der Waals surface area contributed by atoms with E-state index >= 15 is 0 Å². The highest BCUT2D eigenvalue weighted by atomic mass is 32.1. The molecule has 2 aromatic heterocycles. The van der Waals surface area contributed by atoms with Crippen molar-refractivity contribution in [2.24, 2.45) is 0 Å². The molecule has 3 aromatic rings. The SMILES string of the molecule is C.CCNC(=S)N(C)c1ccc2ncc(Nc3cc(OC)c(OC)c(OC)c3)nc2n1. The average molecular weight is 445 g/mol. The van der Waals surface area contributed by atoms with Gasteiger partial charge in [-0.3, -0.25) is 0 Å². The van der Waals surface area contributed by atoms with Gasteiger partial charge >= 0.3 is 0 Å². The molecule has 31 heavy (non-hydrogen) atoms. The number of pyridine rings is 1. The number of nitrogens with zero attached hydrogens (tertiary/aromatic N) is 4. The molecule has 0 fully saturated rings. The Labute approximate surface area is 187 Å². The molecule has 0 amide bonds. The maximum absolute atomic E-state index is 5.39. The Morgan fingerprint density at radius 3 is 2.32 bits per heavy atom. The van der Waals surface area contributed by atoms with Gasteiger partial charge in [0, 0.05) is 31.4 Å². The minimum absolute atomic E-state index is 0. The van der Waals surface area contributed by atoms with Gasteiger partial charge in [-0.15, -0.1) is 0 Å². The van der Waals surface area contributed by atoms with Gasteiger partial charge in [0.15, 0.2) is 28.1 Å². The molecular formula is C21H28N6O3S. The van der Waals surface area contributed by atoms with Gasteiger partial charge in [-0.25, -0.2) is 15.0 Å². The van der Waals surface area contributed by atoms with E-state index in [0.717, 1.165) is 6.54 Å². The fraction of sp³-hybridized carbons (Fsp3) is 0.333. The second-order valence-electron chi connectivity index (χ2n) is 6.20. The molecule has 9 nitrogen and oxygen atoms in total. The van der Waals surface area contributed by atoms with Gasteiger partial charge in [0.25, 0.3) is 0 Å². The van der Waals surface area contributed by atoms with Crippen LogP contribution in [0.15, 0.2) is 30.5 Å². The number of nitrogens with one attached hydrogen (secondary N) is 2. The third kappa shape index (κ3) is 5.21. The fourth-order valence-corrected chi connectivity index (χ4v) is 3.05. The second kappa shape index (κ2) is 10.6. The Morgan fingerprint density at radius 2 is 1.74 bits per heavy atom. The molecule has 10 heteroatoms. The van der Waals surface area contributed by atoms with Gasteiger partial charge in [-0.2, -0.15) is 0 Å². The lowest BCUT2D eigenvalue weighted by Gasteiger charge is -2.19. The predicted molar refractivity (Wildman–Crippen MR) is 128 cm³/mol. The van der Waals surface area contributed by atoms with Crippen LogP contribution in [0.1, 0.15) is 14.4 Å². The summed E-state index contributed by atoms with van der Waals surface area (Å²) in [6.07, 6.45) is 1.64. The molecule has 0 bridgehead atoms. The summed E-state index contributed by atoms with van der Waals surface area (Å²) in [6.45, 7) is 2.72. The maximum atomic E-state index is 5.39. The van der Waals surface area contributed by atoms with Gasteiger partial charge < -0.3 is 29.7 Å². The highest BCUT2D eigenvalue weighted by Crippen LogP contribution is 2.40. The molecule has 1 aromatic carbocycles. The lowest BCUT2D eigenvalue weighted by Crippen LogP contribution is -2.37. The molecule has 0 atom stereocenters. The Bertz CT molecular complexity index is 1040. The Kier molecular flexibility index (Phi) is 8.14. The molecule has 3 rings (SSSR count). The number of hydrogen-bond donors (Lipinski definition) is 2. The highest BCUT2D eigenvalue weighted by Gasteiger charge is 2.14. The first-order valence-electron chi connectivity index (χ1n) is 9.23. The van der Waals surface area contributed by atoms with Gasteiger partial charge in [0.05, 0.1) is 27.5 Å². The molecule has 0 aliphatic heterocycles. The first-order valence-corrected chi connectivity index (χ1v) is 9.63. The smallest absolute Gasteiger partial charge is 0.203 e. The first-order chi connectivity index (χ1) is 14.5. The Balaban J connectivity index is 0.00000341. The summed E-state index contributed by atoms with van der Waals surface area (Å²) < 4.78 is 16.1. The van der Waals surface area contributed by atoms with Crippen LogP contribution in [0.25, 0.3) is 11.2 Å². The summed E-state index contributed by atoms with van der Waals surface area (Å²) in [5, 5.41) is 6.90. The van der Waals surface area contributed by atoms with Crippen LogP contribution in [0, 0.1) is 0 Å². The number of thiocarbonyl (C=S) groups is 1. The largest absolute Gasteiger partial charge is 0.493 e. The molecule has 0 aliphatic carbocycles. The van der Waals surface area contributed by atoms with Crippen LogP contribution in [0.5, 0.6) is 17.2 Å². The highest BCUT2D eigenvalue weighted by molar-refractivity contribution is 7.80. The number of methoxy groups -OCH3 is 3. The van der Waals surface area contributed by atoms with E-state index in [4.69, 9.17) is 26.4 Å². The van der Waals surface area contributed by atoms with E-state index in [-0.39, 0.29) is 7.43 Å². The van der Waals surface area contributed by atoms with E-state index in [9.17, 15) is 0 Å². The van der Waals surface area contributed by atoms with Gasteiger partial charge in [0.1, 0.15) is 11.3 Å². The predicted octanol–water partition coefficient (Wildman–Crippen LogP) is 3.76. The fourth-order valence-electron chi connectivity index (χ4n) is 2.81. The summed E-state index contributed by atoms with van der Waals surface area (Å²) >= 11 is 5.35. The molecular weight excluding hydrogens is 416 g/mol. The number of anilines is 3. The van der Waals surface area contributed by atoms with Crippen LogP contribution in [0.3, 0.4) is 0 Å². The lowest BCUT2D eigenvalue weighted by molar-refractivity contribution is 0.324. The van der Waals surface area contributed by atoms with Gasteiger partial charge in [0.2, 0.25) is 5.75 Å². The zero-order valence-electron chi connectivity index (χ0n) is 17.5. The molecule has 2 heterocycles. The van der Waals surface area contributed by atoms with Crippen LogP contribution in [0.2, 0.25) is 0 Å². The number of hydrogen-bond acceptors (Lipinski definition) is 8. The second-order valence-corrected chi connectivity index (χ2v) is 6.59. The first kappa shape index (κ1) is 23.9. The summed E-state index contributed by atoms with van der Waals surface area (Å²) in [4.78, 5) is 15.4. The van der Waals surface area contributed by atoms with Crippen molar-refractivity contribution in [1.29, 1.82) is 0 Å². The summed E-state index contributed by atoms with van der Waals surface area (Å²) in [6, 6.07) is 7.30. The van der Waals surface area contributed by atoms with Crippen molar-refractivity contribution in [1.82, 2.24) is 20.3 Å². The normalized spacial score (nSPS) is 10.1. The van der Waals surface area contributed by atoms with Crippen molar-refractivity contribution in [3.8, 4) is 17.2 Å². The van der Waals surface area contributed by atoms with E-state index < -0.39 is 0 Å². The molecule has 0 saturated carbocycles. The van der Waals surface area contributed by atoms with Crippen molar-refractivity contribution in [3.05, 3.63) is 30.5 Å². The maximum Gasteiger partial charge on any atom is 0.203 e. The molecule has 0 saturated heterocycles. The van der Waals surface area contributed by atoms with Crippen LogP contribution < -0.4 is 29.7 Å². The number of benzene rings is 1. The van der Waals surface area contributed by atoms with Crippen molar-refractivity contribution in [3.63, 3.8) is 0 Å². The van der Waals surface area contributed by atoms with Crippen LogP contribution in [-0.4, -0.2) is 55.0 Å². The molecule has 0 aliphatic rings. The summed E-state index contributed by atoms with van der Waals surface area (Å²) in [7, 11) is 6.54. The van der Waals surface area contributed by atoms with E-state index in [1.807, 2.05) is 26.1 Å². The van der Waals surface area contributed by atoms with Crippen molar-refractivity contribution >= 4 is 45.8 Å². The average Bonchev–Trinajstić information content (AvgIpc) is 2.77. The molecule has 0 spiro atoms. The van der Waals surface area contributed by atoms with Crippen LogP contribution in [-0.2, 0) is 0 Å². The third-order valence-electron chi connectivity index (χ3n) is 4.31.